The fourth-order valence-corrected chi connectivity index (χ4v) is 3.00. The van der Waals surface area contributed by atoms with E-state index in [0.29, 0.717) is 6.54 Å². The molecule has 2 amide bonds. The summed E-state index contributed by atoms with van der Waals surface area (Å²) in [7, 11) is 0. The lowest BCUT2D eigenvalue weighted by molar-refractivity contribution is -0.133. The van der Waals surface area contributed by atoms with Gasteiger partial charge in [0.1, 0.15) is 0 Å². The van der Waals surface area contributed by atoms with Crippen molar-refractivity contribution in [1.29, 1.82) is 0 Å². The number of piperidine rings is 1. The fourth-order valence-electron chi connectivity index (χ4n) is 2.73. The number of amides is 2. The molecule has 5 nitrogen and oxygen atoms in total. The maximum absolute atomic E-state index is 12.5. The lowest BCUT2D eigenvalue weighted by Crippen LogP contribution is -2.46. The van der Waals surface area contributed by atoms with E-state index in [4.69, 9.17) is 5.73 Å². The largest absolute Gasteiger partial charge is 0.349 e. The SMILES string of the molecule is CC(=O)NC(CC(=O)N1CCCC(N)C1)c1ccc(Br)cc1. The Hall–Kier alpha value is -1.40. The first-order valence-corrected chi connectivity index (χ1v) is 8.31. The molecule has 0 bridgehead atoms. The van der Waals surface area contributed by atoms with Gasteiger partial charge < -0.3 is 16.0 Å². The Labute approximate surface area is 139 Å². The van der Waals surface area contributed by atoms with Gasteiger partial charge in [0.15, 0.2) is 0 Å². The summed E-state index contributed by atoms with van der Waals surface area (Å²) in [5.74, 6) is -0.104. The lowest BCUT2D eigenvalue weighted by atomic mass is 10.0. The Morgan fingerprint density at radius 1 is 1.41 bits per heavy atom. The first-order valence-electron chi connectivity index (χ1n) is 7.51. The molecule has 1 aromatic rings. The first kappa shape index (κ1) is 17.0. The van der Waals surface area contributed by atoms with Crippen molar-refractivity contribution < 1.29 is 9.59 Å². The van der Waals surface area contributed by atoms with E-state index < -0.39 is 0 Å². The van der Waals surface area contributed by atoms with Gasteiger partial charge in [0.25, 0.3) is 0 Å². The van der Waals surface area contributed by atoms with Crippen LogP contribution >= 0.6 is 15.9 Å². The predicted molar refractivity (Wildman–Crippen MR) is 89.1 cm³/mol. The quantitative estimate of drug-likeness (QED) is 0.853. The molecular weight excluding hydrogens is 346 g/mol. The Balaban J connectivity index is 2.07. The van der Waals surface area contributed by atoms with Crippen LogP contribution in [0.15, 0.2) is 28.7 Å². The number of rotatable bonds is 4. The molecule has 1 aliphatic rings. The summed E-state index contributed by atoms with van der Waals surface area (Å²) in [6.07, 6.45) is 2.16. The minimum atomic E-state index is -0.309. The summed E-state index contributed by atoms with van der Waals surface area (Å²) >= 11 is 3.39. The van der Waals surface area contributed by atoms with Gasteiger partial charge in [-0.3, -0.25) is 9.59 Å². The summed E-state index contributed by atoms with van der Waals surface area (Å²) in [4.78, 5) is 25.7. The van der Waals surface area contributed by atoms with Gasteiger partial charge in [0, 0.05) is 30.5 Å². The highest BCUT2D eigenvalue weighted by Gasteiger charge is 2.24. The maximum atomic E-state index is 12.5. The molecular formula is C16H22BrN3O2. The number of carbonyl (C=O) groups is 2. The van der Waals surface area contributed by atoms with Crippen LogP contribution in [0.3, 0.4) is 0 Å². The predicted octanol–water partition coefficient (Wildman–Crippen LogP) is 1.97. The first-order chi connectivity index (χ1) is 10.5. The molecule has 6 heteroatoms. The molecule has 22 heavy (non-hydrogen) atoms. The summed E-state index contributed by atoms with van der Waals surface area (Å²) in [6.45, 7) is 2.82. The minimum Gasteiger partial charge on any atom is -0.349 e. The van der Waals surface area contributed by atoms with Crippen molar-refractivity contribution >= 4 is 27.7 Å². The third kappa shape index (κ3) is 4.81. The highest BCUT2D eigenvalue weighted by molar-refractivity contribution is 9.10. The van der Waals surface area contributed by atoms with E-state index in [1.807, 2.05) is 29.2 Å². The number of carbonyl (C=O) groups excluding carboxylic acids is 2. The minimum absolute atomic E-state index is 0.0387. The lowest BCUT2D eigenvalue weighted by Gasteiger charge is -2.32. The number of likely N-dealkylation sites (tertiary alicyclic amines) is 1. The molecule has 1 saturated heterocycles. The third-order valence-corrected chi connectivity index (χ3v) is 4.37. The molecule has 0 aliphatic carbocycles. The van der Waals surface area contributed by atoms with E-state index in [1.165, 1.54) is 6.92 Å². The second kappa shape index (κ2) is 7.74. The number of hydrogen-bond acceptors (Lipinski definition) is 3. The van der Waals surface area contributed by atoms with Crippen molar-refractivity contribution in [1.82, 2.24) is 10.2 Å². The average Bonchev–Trinajstić information content (AvgIpc) is 2.47. The molecule has 2 atom stereocenters. The molecule has 1 aromatic carbocycles. The monoisotopic (exact) mass is 367 g/mol. The van der Waals surface area contributed by atoms with Gasteiger partial charge in [-0.1, -0.05) is 28.1 Å². The maximum Gasteiger partial charge on any atom is 0.225 e. The zero-order chi connectivity index (χ0) is 16.1. The number of nitrogens with zero attached hydrogens (tertiary/aromatic N) is 1. The van der Waals surface area contributed by atoms with E-state index in [0.717, 1.165) is 29.4 Å². The van der Waals surface area contributed by atoms with Gasteiger partial charge in [0.2, 0.25) is 11.8 Å². The van der Waals surface area contributed by atoms with Crippen LogP contribution in [0.5, 0.6) is 0 Å². The van der Waals surface area contributed by atoms with Crippen LogP contribution in [-0.4, -0.2) is 35.8 Å². The summed E-state index contributed by atoms with van der Waals surface area (Å²) in [5, 5.41) is 2.86. The van der Waals surface area contributed by atoms with Crippen molar-refractivity contribution in [2.75, 3.05) is 13.1 Å². The zero-order valence-electron chi connectivity index (χ0n) is 12.7. The number of nitrogens with two attached hydrogens (primary N) is 1. The van der Waals surface area contributed by atoms with E-state index in [2.05, 4.69) is 21.2 Å². The smallest absolute Gasteiger partial charge is 0.225 e. The molecule has 1 fully saturated rings. The van der Waals surface area contributed by atoms with Crippen molar-refractivity contribution in [3.8, 4) is 0 Å². The molecule has 1 heterocycles. The van der Waals surface area contributed by atoms with E-state index in [1.54, 1.807) is 0 Å². The number of halogens is 1. The van der Waals surface area contributed by atoms with Crippen LogP contribution in [-0.2, 0) is 9.59 Å². The van der Waals surface area contributed by atoms with Gasteiger partial charge in [-0.25, -0.2) is 0 Å². The molecule has 120 valence electrons. The number of nitrogens with one attached hydrogen (secondary N) is 1. The fraction of sp³-hybridized carbons (Fsp3) is 0.500. The molecule has 3 N–H and O–H groups in total. The summed E-state index contributed by atoms with van der Waals surface area (Å²) in [5.41, 5.74) is 6.86. The van der Waals surface area contributed by atoms with Crippen molar-refractivity contribution in [2.45, 2.75) is 38.3 Å². The molecule has 0 spiro atoms. The number of benzene rings is 1. The highest BCUT2D eigenvalue weighted by atomic mass is 79.9. The summed E-state index contributed by atoms with van der Waals surface area (Å²) in [6, 6.07) is 7.40. The van der Waals surface area contributed by atoms with E-state index >= 15 is 0 Å². The van der Waals surface area contributed by atoms with Crippen molar-refractivity contribution in [3.05, 3.63) is 34.3 Å². The van der Waals surface area contributed by atoms with Gasteiger partial charge in [-0.15, -0.1) is 0 Å². The second-order valence-corrected chi connectivity index (χ2v) is 6.67. The van der Waals surface area contributed by atoms with Crippen LogP contribution in [0.25, 0.3) is 0 Å². The molecule has 2 unspecified atom stereocenters. The van der Waals surface area contributed by atoms with Gasteiger partial charge >= 0.3 is 0 Å². The van der Waals surface area contributed by atoms with Crippen LogP contribution in [0.4, 0.5) is 0 Å². The Kier molecular flexibility index (Phi) is 5.97. The van der Waals surface area contributed by atoms with Crippen LogP contribution < -0.4 is 11.1 Å². The Morgan fingerprint density at radius 3 is 2.68 bits per heavy atom. The van der Waals surface area contributed by atoms with Crippen molar-refractivity contribution in [3.63, 3.8) is 0 Å². The topological polar surface area (TPSA) is 75.4 Å². The van der Waals surface area contributed by atoms with Gasteiger partial charge in [0.05, 0.1) is 12.5 Å². The Morgan fingerprint density at radius 2 is 2.09 bits per heavy atom. The van der Waals surface area contributed by atoms with Crippen LogP contribution in [0.2, 0.25) is 0 Å². The standard InChI is InChI=1S/C16H22BrN3O2/c1-11(21)19-15(12-4-6-13(17)7-5-12)9-16(22)20-8-2-3-14(18)10-20/h4-7,14-15H,2-3,8-10,18H2,1H3,(H,19,21). The van der Waals surface area contributed by atoms with Crippen LogP contribution in [0, 0.1) is 0 Å². The normalized spacial score (nSPS) is 19.6. The zero-order valence-corrected chi connectivity index (χ0v) is 14.3. The van der Waals surface area contributed by atoms with Crippen molar-refractivity contribution in [2.24, 2.45) is 5.73 Å². The Bertz CT molecular complexity index is 533. The van der Waals surface area contributed by atoms with E-state index in [9.17, 15) is 9.59 Å². The second-order valence-electron chi connectivity index (χ2n) is 5.75. The third-order valence-electron chi connectivity index (χ3n) is 3.84. The average molecular weight is 368 g/mol. The van der Waals surface area contributed by atoms with Gasteiger partial charge in [-0.05, 0) is 30.5 Å². The molecule has 0 saturated carbocycles. The van der Waals surface area contributed by atoms with E-state index in [-0.39, 0.29) is 30.3 Å². The molecule has 0 aromatic heterocycles. The molecule has 0 radical (unpaired) electrons. The summed E-state index contributed by atoms with van der Waals surface area (Å²) < 4.78 is 0.964. The molecule has 2 rings (SSSR count). The highest BCUT2D eigenvalue weighted by Crippen LogP contribution is 2.21. The van der Waals surface area contributed by atoms with Gasteiger partial charge in [-0.2, -0.15) is 0 Å². The number of hydrogen-bond donors (Lipinski definition) is 2. The van der Waals surface area contributed by atoms with Crippen LogP contribution in [0.1, 0.15) is 37.8 Å². The molecule has 1 aliphatic heterocycles.